The molecule has 1 aromatic carbocycles. The highest BCUT2D eigenvalue weighted by molar-refractivity contribution is 7.91. The van der Waals surface area contributed by atoms with E-state index in [4.69, 9.17) is 0 Å². The van der Waals surface area contributed by atoms with Crippen LogP contribution < -0.4 is 5.56 Å². The normalized spacial score (nSPS) is 11.6. The molecule has 1 N–H and O–H groups in total. The van der Waals surface area contributed by atoms with Gasteiger partial charge >= 0.3 is 5.97 Å². The summed E-state index contributed by atoms with van der Waals surface area (Å²) in [5.74, 6) is -3.00. The second kappa shape index (κ2) is 8.87. The summed E-state index contributed by atoms with van der Waals surface area (Å²) >= 11 is 0. The Morgan fingerprint density at radius 1 is 1.24 bits per heavy atom. The monoisotopic (exact) mass is 419 g/mol. The molecule has 0 atom stereocenters. The van der Waals surface area contributed by atoms with Gasteiger partial charge in [0.1, 0.15) is 17.1 Å². The maximum Gasteiger partial charge on any atom is 0.320 e. The van der Waals surface area contributed by atoms with Crippen LogP contribution in [0.1, 0.15) is 27.2 Å². The highest BCUT2D eigenvalue weighted by Crippen LogP contribution is 2.16. The molecule has 2 aromatic rings. The Labute approximate surface area is 168 Å². The van der Waals surface area contributed by atoms with Gasteiger partial charge in [-0.3, -0.25) is 14.4 Å². The summed E-state index contributed by atoms with van der Waals surface area (Å²) in [4.78, 5) is 35.8. The lowest BCUT2D eigenvalue weighted by Crippen LogP contribution is -2.25. The number of hydrogen-bond acceptors (Lipinski definition) is 7. The molecule has 1 heterocycles. The molecule has 0 aliphatic carbocycles. The molecule has 0 saturated carbocycles. The zero-order valence-corrected chi connectivity index (χ0v) is 17.0. The number of aromatic hydroxyl groups is 1. The number of sulfone groups is 1. The number of nitrogens with zero attached hydrogens (tertiary/aromatic N) is 1. The van der Waals surface area contributed by atoms with Crippen molar-refractivity contribution in [1.82, 2.24) is 4.57 Å². The van der Waals surface area contributed by atoms with E-state index in [1.54, 1.807) is 31.2 Å². The molecule has 2 rings (SSSR count). The summed E-state index contributed by atoms with van der Waals surface area (Å²) in [5, 5.41) is 9.96. The van der Waals surface area contributed by atoms with E-state index in [0.29, 0.717) is 16.8 Å². The molecule has 0 amide bonds. The average molecular weight is 419 g/mol. The Kier molecular flexibility index (Phi) is 6.76. The maximum atomic E-state index is 12.4. The van der Waals surface area contributed by atoms with Crippen LogP contribution in [0.15, 0.2) is 41.2 Å². The quantitative estimate of drug-likeness (QED) is 0.409. The zero-order chi connectivity index (χ0) is 21.8. The topological polar surface area (TPSA) is 120 Å². The number of aromatic nitrogens is 1. The first kappa shape index (κ1) is 22.1. The van der Waals surface area contributed by atoms with E-state index < -0.39 is 38.7 Å². The number of methoxy groups -OCH3 is 1. The van der Waals surface area contributed by atoms with Crippen LogP contribution in [0.5, 0.6) is 5.75 Å². The van der Waals surface area contributed by atoms with Crippen molar-refractivity contribution >= 4 is 27.7 Å². The third-order valence-electron chi connectivity index (χ3n) is 4.23. The summed E-state index contributed by atoms with van der Waals surface area (Å²) in [6, 6.07) is 7.71. The molecule has 0 spiro atoms. The van der Waals surface area contributed by atoms with E-state index in [1.807, 2.05) is 0 Å². The van der Waals surface area contributed by atoms with Gasteiger partial charge in [0, 0.05) is 18.8 Å². The lowest BCUT2D eigenvalue weighted by molar-refractivity contribution is -0.137. The van der Waals surface area contributed by atoms with Crippen LogP contribution in [0.25, 0.3) is 6.08 Å². The van der Waals surface area contributed by atoms with Gasteiger partial charge in [0.25, 0.3) is 5.56 Å². The predicted molar refractivity (Wildman–Crippen MR) is 107 cm³/mol. The Balaban J connectivity index is 2.24. The third-order valence-corrected chi connectivity index (χ3v) is 5.67. The van der Waals surface area contributed by atoms with Gasteiger partial charge in [0.05, 0.1) is 12.9 Å². The van der Waals surface area contributed by atoms with Gasteiger partial charge in [0.2, 0.25) is 0 Å². The van der Waals surface area contributed by atoms with Crippen molar-refractivity contribution < 1.29 is 27.9 Å². The minimum absolute atomic E-state index is 0.342. The van der Waals surface area contributed by atoms with Gasteiger partial charge in [-0.2, -0.15) is 0 Å². The fourth-order valence-electron chi connectivity index (χ4n) is 2.62. The SMILES string of the molecule is COC(=O)CS(=O)(=O)Cc1cccc(/C=C/C(=O)c2c(O)cc(C)n(C)c2=O)c1. The number of ketones is 1. The first-order chi connectivity index (χ1) is 13.5. The van der Waals surface area contributed by atoms with Gasteiger partial charge in [-0.15, -0.1) is 0 Å². The van der Waals surface area contributed by atoms with Crippen molar-refractivity contribution in [3.63, 3.8) is 0 Å². The van der Waals surface area contributed by atoms with Crippen molar-refractivity contribution in [2.45, 2.75) is 12.7 Å². The molecule has 8 nitrogen and oxygen atoms in total. The summed E-state index contributed by atoms with van der Waals surface area (Å²) in [6.45, 7) is 1.63. The van der Waals surface area contributed by atoms with E-state index in [-0.39, 0.29) is 11.3 Å². The first-order valence-electron chi connectivity index (χ1n) is 8.52. The van der Waals surface area contributed by atoms with Crippen molar-refractivity contribution in [2.24, 2.45) is 7.05 Å². The second-order valence-electron chi connectivity index (χ2n) is 6.46. The summed E-state index contributed by atoms with van der Waals surface area (Å²) in [5.41, 5.74) is 0.505. The highest BCUT2D eigenvalue weighted by atomic mass is 32.2. The van der Waals surface area contributed by atoms with Crippen molar-refractivity contribution in [3.8, 4) is 5.75 Å². The number of ether oxygens (including phenoxy) is 1. The van der Waals surface area contributed by atoms with Crippen LogP contribution in [-0.4, -0.2) is 42.7 Å². The smallest absolute Gasteiger partial charge is 0.320 e. The standard InChI is InChI=1S/C20H21NO7S/c1-13-9-17(23)19(20(25)21(13)2)16(22)8-7-14-5-4-6-15(10-14)11-29(26,27)12-18(24)28-3/h4-10,23H,11-12H2,1-3H3/b8-7+. The van der Waals surface area contributed by atoms with Crippen LogP contribution in [0.3, 0.4) is 0 Å². The summed E-state index contributed by atoms with van der Waals surface area (Å²) in [7, 11) is -1.09. The summed E-state index contributed by atoms with van der Waals surface area (Å²) < 4.78 is 29.7. The van der Waals surface area contributed by atoms with Crippen molar-refractivity contribution in [3.05, 3.63) is 69.1 Å². The van der Waals surface area contributed by atoms with E-state index in [9.17, 15) is 27.9 Å². The number of esters is 1. The van der Waals surface area contributed by atoms with Crippen LogP contribution in [0.4, 0.5) is 0 Å². The van der Waals surface area contributed by atoms with Crippen molar-refractivity contribution in [2.75, 3.05) is 12.9 Å². The van der Waals surface area contributed by atoms with E-state index in [2.05, 4.69) is 4.74 Å². The Morgan fingerprint density at radius 2 is 1.93 bits per heavy atom. The predicted octanol–water partition coefficient (Wildman–Crippen LogP) is 1.38. The van der Waals surface area contributed by atoms with Crippen LogP contribution in [-0.2, 0) is 32.2 Å². The van der Waals surface area contributed by atoms with Gasteiger partial charge in [-0.25, -0.2) is 8.42 Å². The Hall–Kier alpha value is -3.20. The van der Waals surface area contributed by atoms with Crippen LogP contribution >= 0.6 is 0 Å². The van der Waals surface area contributed by atoms with Crippen molar-refractivity contribution in [1.29, 1.82) is 0 Å². The molecule has 9 heteroatoms. The summed E-state index contributed by atoms with van der Waals surface area (Å²) in [6.07, 6.45) is 2.55. The van der Waals surface area contributed by atoms with Gasteiger partial charge in [0.15, 0.2) is 15.6 Å². The maximum absolute atomic E-state index is 12.4. The van der Waals surface area contributed by atoms with Gasteiger partial charge < -0.3 is 14.4 Å². The fourth-order valence-corrected chi connectivity index (χ4v) is 3.89. The molecule has 0 radical (unpaired) electrons. The molecule has 0 unspecified atom stereocenters. The minimum Gasteiger partial charge on any atom is -0.507 e. The molecule has 0 bridgehead atoms. The molecule has 0 fully saturated rings. The number of pyridine rings is 1. The molecule has 29 heavy (non-hydrogen) atoms. The van der Waals surface area contributed by atoms with E-state index in [1.165, 1.54) is 23.8 Å². The number of hydrogen-bond donors (Lipinski definition) is 1. The van der Waals surface area contributed by atoms with Gasteiger partial charge in [-0.1, -0.05) is 30.3 Å². The average Bonchev–Trinajstić information content (AvgIpc) is 2.64. The van der Waals surface area contributed by atoms with Crippen LogP contribution in [0, 0.1) is 6.92 Å². The van der Waals surface area contributed by atoms with E-state index >= 15 is 0 Å². The number of carbonyl (C=O) groups excluding carboxylic acids is 2. The van der Waals surface area contributed by atoms with Crippen LogP contribution in [0.2, 0.25) is 0 Å². The Morgan fingerprint density at radius 3 is 2.59 bits per heavy atom. The number of carbonyl (C=O) groups is 2. The lowest BCUT2D eigenvalue weighted by atomic mass is 10.1. The largest absolute Gasteiger partial charge is 0.507 e. The number of benzene rings is 1. The van der Waals surface area contributed by atoms with Gasteiger partial charge in [-0.05, 0) is 24.1 Å². The number of aryl methyl sites for hydroxylation is 1. The molecule has 1 aromatic heterocycles. The molecular weight excluding hydrogens is 398 g/mol. The fraction of sp³-hybridized carbons (Fsp3) is 0.250. The third kappa shape index (κ3) is 5.64. The molecule has 0 aliphatic heterocycles. The Bertz CT molecular complexity index is 1140. The molecular formula is C20H21NO7S. The molecule has 0 aliphatic rings. The number of rotatable bonds is 7. The minimum atomic E-state index is -3.70. The lowest BCUT2D eigenvalue weighted by Gasteiger charge is -2.07. The second-order valence-corrected chi connectivity index (χ2v) is 8.53. The first-order valence-corrected chi connectivity index (χ1v) is 10.3. The molecule has 0 saturated heterocycles. The highest BCUT2D eigenvalue weighted by Gasteiger charge is 2.18. The van der Waals surface area contributed by atoms with E-state index in [0.717, 1.165) is 13.2 Å². The molecule has 154 valence electrons. The number of allylic oxidation sites excluding steroid dienone is 1. The zero-order valence-electron chi connectivity index (χ0n) is 16.2.